The quantitative estimate of drug-likeness (QED) is 0.203. The highest BCUT2D eigenvalue weighted by Crippen LogP contribution is 2.39. The maximum atomic E-state index is 14.8. The third-order valence-electron chi connectivity index (χ3n) is 5.97. The molecule has 3 heterocycles. The van der Waals surface area contributed by atoms with Crippen LogP contribution in [0.2, 0.25) is 0 Å². The number of aryl methyl sites for hydroxylation is 1. The van der Waals surface area contributed by atoms with Crippen LogP contribution in [-0.4, -0.2) is 20.3 Å². The van der Waals surface area contributed by atoms with E-state index < -0.39 is 5.82 Å². The SMILES string of the molecule is CCCCCc1cnc(-c2cc3nccc(Oc4ccc(CC(=O)CC(C)C)cc4F)c3s2)n1C. The Labute approximate surface area is 210 Å². The van der Waals surface area contributed by atoms with Crippen LogP contribution >= 0.6 is 11.3 Å². The molecule has 0 spiro atoms. The fraction of sp³-hybridized carbons (Fsp3) is 0.393. The molecule has 35 heavy (non-hydrogen) atoms. The van der Waals surface area contributed by atoms with Crippen LogP contribution in [0.5, 0.6) is 11.5 Å². The lowest BCUT2D eigenvalue weighted by molar-refractivity contribution is -0.119. The van der Waals surface area contributed by atoms with Gasteiger partial charge in [-0.1, -0.05) is 39.7 Å². The summed E-state index contributed by atoms with van der Waals surface area (Å²) in [6.07, 6.45) is 8.89. The summed E-state index contributed by atoms with van der Waals surface area (Å²) in [6.45, 7) is 6.20. The number of carbonyl (C=O) groups is 1. The summed E-state index contributed by atoms with van der Waals surface area (Å²) in [5.41, 5.74) is 2.65. The third-order valence-corrected chi connectivity index (χ3v) is 7.11. The van der Waals surface area contributed by atoms with Gasteiger partial charge in [0.25, 0.3) is 0 Å². The molecule has 0 aliphatic carbocycles. The maximum Gasteiger partial charge on any atom is 0.166 e. The van der Waals surface area contributed by atoms with E-state index in [1.807, 2.05) is 33.2 Å². The molecule has 1 aromatic carbocycles. The van der Waals surface area contributed by atoms with Gasteiger partial charge in [-0.2, -0.15) is 0 Å². The molecule has 4 rings (SSSR count). The van der Waals surface area contributed by atoms with E-state index >= 15 is 0 Å². The van der Waals surface area contributed by atoms with Crippen LogP contribution < -0.4 is 4.74 Å². The van der Waals surface area contributed by atoms with Crippen LogP contribution in [0.15, 0.2) is 42.7 Å². The molecule has 0 aliphatic heterocycles. The number of hydrogen-bond donors (Lipinski definition) is 0. The summed E-state index contributed by atoms with van der Waals surface area (Å²) in [5, 5.41) is 0. The Morgan fingerprint density at radius 2 is 1.97 bits per heavy atom. The molecular weight excluding hydrogens is 461 g/mol. The van der Waals surface area contributed by atoms with Crippen LogP contribution in [0, 0.1) is 11.7 Å². The van der Waals surface area contributed by atoms with E-state index in [0.717, 1.165) is 33.8 Å². The smallest absolute Gasteiger partial charge is 0.166 e. The number of imidazole rings is 1. The van der Waals surface area contributed by atoms with Gasteiger partial charge in [0.05, 0.1) is 15.1 Å². The van der Waals surface area contributed by atoms with E-state index in [1.54, 1.807) is 24.4 Å². The molecule has 0 unspecified atom stereocenters. The summed E-state index contributed by atoms with van der Waals surface area (Å²) >= 11 is 1.54. The van der Waals surface area contributed by atoms with Crippen molar-refractivity contribution in [1.29, 1.82) is 0 Å². The molecule has 5 nitrogen and oxygen atoms in total. The molecule has 7 heteroatoms. The monoisotopic (exact) mass is 493 g/mol. The zero-order chi connectivity index (χ0) is 24.9. The predicted octanol–water partition coefficient (Wildman–Crippen LogP) is 7.52. The summed E-state index contributed by atoms with van der Waals surface area (Å²) in [5.74, 6) is 1.49. The first kappa shape index (κ1) is 25.0. The molecule has 0 N–H and O–H groups in total. The lowest BCUT2D eigenvalue weighted by Gasteiger charge is -2.09. The highest BCUT2D eigenvalue weighted by molar-refractivity contribution is 7.22. The summed E-state index contributed by atoms with van der Waals surface area (Å²) < 4.78 is 23.8. The minimum atomic E-state index is -0.484. The van der Waals surface area contributed by atoms with Gasteiger partial charge in [-0.3, -0.25) is 9.78 Å². The lowest BCUT2D eigenvalue weighted by Crippen LogP contribution is -2.06. The number of ether oxygens (including phenoxy) is 1. The van der Waals surface area contributed by atoms with Gasteiger partial charge in [-0.15, -0.1) is 11.3 Å². The van der Waals surface area contributed by atoms with Crippen molar-refractivity contribution in [3.8, 4) is 22.2 Å². The number of hydrogen-bond acceptors (Lipinski definition) is 5. The Morgan fingerprint density at radius 3 is 2.71 bits per heavy atom. The minimum absolute atomic E-state index is 0.109. The van der Waals surface area contributed by atoms with E-state index in [9.17, 15) is 9.18 Å². The zero-order valence-electron chi connectivity index (χ0n) is 20.8. The number of aromatic nitrogens is 3. The minimum Gasteiger partial charge on any atom is -0.453 e. The van der Waals surface area contributed by atoms with E-state index in [-0.39, 0.29) is 23.9 Å². The highest BCUT2D eigenvalue weighted by atomic mass is 32.1. The fourth-order valence-electron chi connectivity index (χ4n) is 4.18. The molecule has 4 aromatic rings. The Hall–Kier alpha value is -3.06. The van der Waals surface area contributed by atoms with E-state index in [1.165, 1.54) is 35.9 Å². The van der Waals surface area contributed by atoms with Gasteiger partial charge in [-0.25, -0.2) is 9.37 Å². The Bertz CT molecular complexity index is 1330. The molecule has 0 saturated carbocycles. The molecule has 184 valence electrons. The molecular formula is C28H32FN3O2S. The number of carbonyl (C=O) groups excluding carboxylic acids is 1. The number of fused-ring (bicyclic) bond motifs is 1. The third kappa shape index (κ3) is 5.96. The second kappa shape index (κ2) is 11.1. The van der Waals surface area contributed by atoms with Gasteiger partial charge in [0.2, 0.25) is 0 Å². The number of nitrogens with zero attached hydrogens (tertiary/aromatic N) is 3. The average Bonchev–Trinajstić information content (AvgIpc) is 3.39. The Balaban J connectivity index is 1.55. The number of Topliss-reactive ketones (excluding diaryl/α,β-unsaturated/α-hetero) is 1. The summed E-state index contributed by atoms with van der Waals surface area (Å²) in [7, 11) is 2.04. The van der Waals surface area contributed by atoms with E-state index in [4.69, 9.17) is 4.74 Å². The summed E-state index contributed by atoms with van der Waals surface area (Å²) in [6, 6.07) is 8.49. The first-order valence-corrected chi connectivity index (χ1v) is 13.0. The molecule has 0 atom stereocenters. The van der Waals surface area contributed by atoms with Gasteiger partial charge in [0, 0.05) is 44.0 Å². The van der Waals surface area contributed by atoms with Crippen molar-refractivity contribution in [2.45, 2.75) is 59.3 Å². The number of thiophene rings is 1. The highest BCUT2D eigenvalue weighted by Gasteiger charge is 2.17. The van der Waals surface area contributed by atoms with Crippen LogP contribution in [0.1, 0.15) is 57.7 Å². The Kier molecular flexibility index (Phi) is 7.96. The molecule has 0 amide bonds. The summed E-state index contributed by atoms with van der Waals surface area (Å²) in [4.78, 5) is 22.2. The Morgan fingerprint density at radius 1 is 1.14 bits per heavy atom. The molecule has 0 saturated heterocycles. The molecule has 0 aliphatic rings. The molecule has 3 aromatic heterocycles. The average molecular weight is 494 g/mol. The van der Waals surface area contributed by atoms with Crippen molar-refractivity contribution in [3.63, 3.8) is 0 Å². The standard InChI is InChI=1S/C28H32FN3O2S/c1-5-6-7-8-20-17-31-28(32(20)4)26-16-23-27(35-26)25(11-12-30-23)34-24-10-9-19(15-22(24)29)14-21(33)13-18(2)3/h9-12,15-18H,5-8,13-14H2,1-4H3. The van der Waals surface area contributed by atoms with Gasteiger partial charge in [0.1, 0.15) is 17.4 Å². The number of halogens is 1. The van der Waals surface area contributed by atoms with Crippen molar-refractivity contribution in [2.75, 3.05) is 0 Å². The van der Waals surface area contributed by atoms with Crippen LogP contribution in [0.3, 0.4) is 0 Å². The maximum absolute atomic E-state index is 14.8. The van der Waals surface area contributed by atoms with Crippen molar-refractivity contribution in [3.05, 3.63) is 59.8 Å². The fourth-order valence-corrected chi connectivity index (χ4v) is 5.28. The van der Waals surface area contributed by atoms with Crippen LogP contribution in [0.25, 0.3) is 20.9 Å². The number of benzene rings is 1. The van der Waals surface area contributed by atoms with Crippen molar-refractivity contribution in [1.82, 2.24) is 14.5 Å². The lowest BCUT2D eigenvalue weighted by atomic mass is 10.0. The van der Waals surface area contributed by atoms with E-state index in [2.05, 4.69) is 21.5 Å². The van der Waals surface area contributed by atoms with Crippen molar-refractivity contribution in [2.24, 2.45) is 13.0 Å². The van der Waals surface area contributed by atoms with Gasteiger partial charge in [-0.05, 0) is 42.5 Å². The van der Waals surface area contributed by atoms with Crippen LogP contribution in [0.4, 0.5) is 4.39 Å². The van der Waals surface area contributed by atoms with Gasteiger partial charge < -0.3 is 9.30 Å². The van der Waals surface area contributed by atoms with Crippen molar-refractivity contribution < 1.29 is 13.9 Å². The van der Waals surface area contributed by atoms with Gasteiger partial charge in [0.15, 0.2) is 11.6 Å². The van der Waals surface area contributed by atoms with Crippen molar-refractivity contribution >= 4 is 27.3 Å². The van der Waals surface area contributed by atoms with Crippen LogP contribution in [-0.2, 0) is 24.7 Å². The molecule has 0 bridgehead atoms. The number of rotatable bonds is 11. The van der Waals surface area contributed by atoms with Gasteiger partial charge >= 0.3 is 0 Å². The first-order chi connectivity index (χ1) is 16.9. The molecule has 0 fully saturated rings. The first-order valence-electron chi connectivity index (χ1n) is 12.2. The second-order valence-corrected chi connectivity index (χ2v) is 10.5. The number of pyridine rings is 1. The largest absolute Gasteiger partial charge is 0.453 e. The second-order valence-electron chi connectivity index (χ2n) is 9.40. The van der Waals surface area contributed by atoms with E-state index in [0.29, 0.717) is 17.7 Å². The zero-order valence-corrected chi connectivity index (χ0v) is 21.6. The predicted molar refractivity (Wildman–Crippen MR) is 140 cm³/mol. The topological polar surface area (TPSA) is 57.0 Å². The number of unbranched alkanes of at least 4 members (excludes halogenated alkanes) is 2. The molecule has 0 radical (unpaired) electrons. The normalized spacial score (nSPS) is 11.5. The number of ketones is 1.